The summed E-state index contributed by atoms with van der Waals surface area (Å²) in [7, 11) is 1.78. The molecule has 2 aliphatic rings. The molecule has 42 heavy (non-hydrogen) atoms. The van der Waals surface area contributed by atoms with E-state index >= 15 is 0 Å². The SMILES string of the molecule is CC1=NN(c2ccc(C(=O)N3C[C@H](c4ccc(Cl)c(Cl)c4)[C@H](N(C)Cc4ccc(C(F)(F)F)c(F)c4)C3)cc2)C(=O)C1. The van der Waals surface area contributed by atoms with E-state index in [9.17, 15) is 27.2 Å². The van der Waals surface area contributed by atoms with Gasteiger partial charge in [0.15, 0.2) is 0 Å². The van der Waals surface area contributed by atoms with E-state index in [1.807, 2.05) is 11.0 Å². The Morgan fingerprint density at radius 3 is 2.33 bits per heavy atom. The van der Waals surface area contributed by atoms with Gasteiger partial charge in [-0.3, -0.25) is 14.5 Å². The largest absolute Gasteiger partial charge is 0.419 e. The Labute approximate surface area is 250 Å². The van der Waals surface area contributed by atoms with Crippen molar-refractivity contribution >= 4 is 46.4 Å². The second kappa shape index (κ2) is 11.7. The summed E-state index contributed by atoms with van der Waals surface area (Å²) in [6, 6.07) is 14.5. The predicted molar refractivity (Wildman–Crippen MR) is 153 cm³/mol. The lowest BCUT2D eigenvalue weighted by molar-refractivity contribution is -0.140. The Morgan fingerprint density at radius 2 is 1.74 bits per heavy atom. The average molecular weight is 621 g/mol. The zero-order chi connectivity index (χ0) is 30.3. The van der Waals surface area contributed by atoms with Crippen LogP contribution in [0, 0.1) is 5.82 Å². The third-order valence-electron chi connectivity index (χ3n) is 7.56. The number of likely N-dealkylation sites (N-methyl/N-ethyl adjacent to an activating group) is 1. The van der Waals surface area contributed by atoms with Crippen molar-refractivity contribution in [2.75, 3.05) is 25.1 Å². The number of benzene rings is 3. The van der Waals surface area contributed by atoms with E-state index in [1.54, 1.807) is 55.3 Å². The van der Waals surface area contributed by atoms with E-state index in [2.05, 4.69) is 5.10 Å². The van der Waals surface area contributed by atoms with Crippen LogP contribution in [0.4, 0.5) is 23.2 Å². The van der Waals surface area contributed by atoms with E-state index < -0.39 is 17.6 Å². The van der Waals surface area contributed by atoms with Crippen molar-refractivity contribution in [2.24, 2.45) is 5.10 Å². The highest BCUT2D eigenvalue weighted by molar-refractivity contribution is 6.42. The summed E-state index contributed by atoms with van der Waals surface area (Å²) in [5.41, 5.74) is 1.58. The van der Waals surface area contributed by atoms with Gasteiger partial charge in [0.25, 0.3) is 11.8 Å². The molecule has 2 heterocycles. The number of carbonyl (C=O) groups is 2. The van der Waals surface area contributed by atoms with Gasteiger partial charge in [0.05, 0.1) is 27.7 Å². The van der Waals surface area contributed by atoms with Gasteiger partial charge in [-0.25, -0.2) is 9.40 Å². The Morgan fingerprint density at radius 1 is 1.02 bits per heavy atom. The molecule has 0 N–H and O–H groups in total. The first kappa shape index (κ1) is 30.0. The molecule has 3 aromatic rings. The van der Waals surface area contributed by atoms with Crippen LogP contribution < -0.4 is 5.01 Å². The maximum atomic E-state index is 14.3. The van der Waals surface area contributed by atoms with Gasteiger partial charge < -0.3 is 4.90 Å². The predicted octanol–water partition coefficient (Wildman–Crippen LogP) is 7.00. The van der Waals surface area contributed by atoms with E-state index in [0.717, 1.165) is 17.7 Å². The number of halogens is 6. The maximum Gasteiger partial charge on any atom is 0.419 e. The zero-order valence-corrected chi connectivity index (χ0v) is 24.1. The smallest absolute Gasteiger partial charge is 0.336 e. The number of hydrogen-bond donors (Lipinski definition) is 0. The molecule has 5 rings (SSSR count). The second-order valence-electron chi connectivity index (χ2n) is 10.5. The minimum Gasteiger partial charge on any atom is -0.336 e. The van der Waals surface area contributed by atoms with Crippen molar-refractivity contribution < 1.29 is 27.2 Å². The molecule has 0 aliphatic carbocycles. The van der Waals surface area contributed by atoms with Crippen molar-refractivity contribution in [2.45, 2.75) is 38.0 Å². The molecule has 2 amide bonds. The molecule has 2 aliphatic heterocycles. The number of rotatable bonds is 6. The molecule has 2 atom stereocenters. The van der Waals surface area contributed by atoms with Crippen LogP contribution in [-0.2, 0) is 17.5 Å². The Balaban J connectivity index is 1.38. The number of likely N-dealkylation sites (tertiary alicyclic amines) is 1. The summed E-state index contributed by atoms with van der Waals surface area (Å²) in [6.07, 6.45) is -4.53. The Kier molecular flexibility index (Phi) is 8.33. The van der Waals surface area contributed by atoms with Crippen LogP contribution in [0.3, 0.4) is 0 Å². The fourth-order valence-corrected chi connectivity index (χ4v) is 5.75. The van der Waals surface area contributed by atoms with Crippen molar-refractivity contribution in [1.29, 1.82) is 0 Å². The van der Waals surface area contributed by atoms with Crippen molar-refractivity contribution in [1.82, 2.24) is 9.80 Å². The molecule has 0 aromatic heterocycles. The van der Waals surface area contributed by atoms with Crippen LogP contribution >= 0.6 is 23.2 Å². The van der Waals surface area contributed by atoms with Gasteiger partial charge in [0.2, 0.25) is 0 Å². The molecule has 1 fully saturated rings. The van der Waals surface area contributed by atoms with Crippen LogP contribution in [0.25, 0.3) is 0 Å². The van der Waals surface area contributed by atoms with Gasteiger partial charge in [-0.1, -0.05) is 35.3 Å². The van der Waals surface area contributed by atoms with Crippen molar-refractivity contribution in [3.63, 3.8) is 0 Å². The number of alkyl halides is 3. The van der Waals surface area contributed by atoms with Gasteiger partial charge >= 0.3 is 6.18 Å². The summed E-state index contributed by atoms with van der Waals surface area (Å²) >= 11 is 12.4. The molecular weight excluding hydrogens is 595 g/mol. The molecule has 3 aromatic carbocycles. The molecule has 0 unspecified atom stereocenters. The lowest BCUT2D eigenvalue weighted by Crippen LogP contribution is -2.38. The lowest BCUT2D eigenvalue weighted by atomic mass is 9.93. The van der Waals surface area contributed by atoms with Crippen LogP contribution in [0.2, 0.25) is 10.0 Å². The van der Waals surface area contributed by atoms with Gasteiger partial charge in [0, 0.05) is 42.9 Å². The van der Waals surface area contributed by atoms with Crippen molar-refractivity contribution in [3.05, 3.63) is 98.8 Å². The summed E-state index contributed by atoms with van der Waals surface area (Å²) in [4.78, 5) is 29.4. The minimum atomic E-state index is -4.78. The standard InChI is InChI=1S/C30H26Cl2F4N4O2/c1-17-11-28(41)40(37-17)21-7-4-19(5-8-21)29(42)39-15-22(20-6-10-24(31)25(32)13-20)27(16-39)38(2)14-18-3-9-23(26(33)12-18)30(34,35)36/h3-10,12-13,22,27H,11,14-16H2,1-2H3/t22-,27-/m1/s1. The van der Waals surface area contributed by atoms with Gasteiger partial charge in [-0.2, -0.15) is 18.3 Å². The fourth-order valence-electron chi connectivity index (χ4n) is 5.45. The molecule has 0 spiro atoms. The number of carbonyl (C=O) groups excluding carboxylic acids is 2. The molecule has 6 nitrogen and oxygen atoms in total. The first-order valence-electron chi connectivity index (χ1n) is 13.1. The molecule has 12 heteroatoms. The van der Waals surface area contributed by atoms with Gasteiger partial charge in [0.1, 0.15) is 5.82 Å². The number of hydrogen-bond acceptors (Lipinski definition) is 4. The lowest BCUT2D eigenvalue weighted by Gasteiger charge is -2.29. The van der Waals surface area contributed by atoms with E-state index in [4.69, 9.17) is 23.2 Å². The molecular formula is C30H26Cl2F4N4O2. The van der Waals surface area contributed by atoms with Gasteiger partial charge in [-0.15, -0.1) is 0 Å². The fraction of sp³-hybridized carbons (Fsp3) is 0.300. The Bertz CT molecular complexity index is 1560. The summed E-state index contributed by atoms with van der Waals surface area (Å²) < 4.78 is 53.4. The zero-order valence-electron chi connectivity index (χ0n) is 22.6. The van der Waals surface area contributed by atoms with E-state index in [1.165, 1.54) is 11.1 Å². The van der Waals surface area contributed by atoms with E-state index in [-0.39, 0.29) is 36.7 Å². The third kappa shape index (κ3) is 6.16. The normalized spacial score (nSPS) is 19.2. The average Bonchev–Trinajstić information content (AvgIpc) is 3.52. The molecule has 0 radical (unpaired) electrons. The number of amides is 2. The van der Waals surface area contributed by atoms with Gasteiger partial charge in [-0.05, 0) is 73.6 Å². The molecule has 220 valence electrons. The minimum absolute atomic E-state index is 0.144. The third-order valence-corrected chi connectivity index (χ3v) is 8.30. The highest BCUT2D eigenvalue weighted by atomic mass is 35.5. The van der Waals surface area contributed by atoms with Crippen LogP contribution in [0.15, 0.2) is 65.8 Å². The first-order chi connectivity index (χ1) is 19.8. The number of hydrazone groups is 1. The summed E-state index contributed by atoms with van der Waals surface area (Å²) in [5, 5.41) is 6.29. The van der Waals surface area contributed by atoms with E-state index in [0.29, 0.717) is 45.7 Å². The van der Waals surface area contributed by atoms with Crippen LogP contribution in [0.5, 0.6) is 0 Å². The second-order valence-corrected chi connectivity index (χ2v) is 11.4. The molecule has 1 saturated heterocycles. The van der Waals surface area contributed by atoms with Crippen LogP contribution in [-0.4, -0.2) is 53.5 Å². The summed E-state index contributed by atoms with van der Waals surface area (Å²) in [5.74, 6) is -1.92. The number of nitrogens with zero attached hydrogens (tertiary/aromatic N) is 4. The highest BCUT2D eigenvalue weighted by Crippen LogP contribution is 2.36. The monoisotopic (exact) mass is 620 g/mol. The first-order valence-corrected chi connectivity index (χ1v) is 13.8. The van der Waals surface area contributed by atoms with Crippen molar-refractivity contribution in [3.8, 4) is 0 Å². The van der Waals surface area contributed by atoms with Crippen LogP contribution in [0.1, 0.15) is 46.3 Å². The molecule has 0 bridgehead atoms. The topological polar surface area (TPSA) is 56.2 Å². The highest BCUT2D eigenvalue weighted by Gasteiger charge is 2.39. The quantitative estimate of drug-likeness (QED) is 0.279. The summed E-state index contributed by atoms with van der Waals surface area (Å²) in [6.45, 7) is 2.56. The Hall–Kier alpha value is -3.47. The molecule has 0 saturated carbocycles. The maximum absolute atomic E-state index is 14.3. The number of anilines is 1.